The van der Waals surface area contributed by atoms with Crippen molar-refractivity contribution >= 4 is 17.3 Å². The molecule has 0 spiro atoms. The fourth-order valence-electron chi connectivity index (χ4n) is 5.27. The Morgan fingerprint density at radius 2 is 1.91 bits per heavy atom. The summed E-state index contributed by atoms with van der Waals surface area (Å²) in [5, 5.41) is 7.86. The van der Waals surface area contributed by atoms with Gasteiger partial charge in [0.1, 0.15) is 0 Å². The number of thiocarbonyl (C=S) groups is 1. The van der Waals surface area contributed by atoms with E-state index < -0.39 is 0 Å². The Bertz CT molecular complexity index is 604. The second-order valence-electron chi connectivity index (χ2n) is 8.44. The lowest BCUT2D eigenvalue weighted by Crippen LogP contribution is -2.51. The van der Waals surface area contributed by atoms with Gasteiger partial charge in [0.05, 0.1) is 0 Å². The Morgan fingerprint density at radius 1 is 1.14 bits per heavy atom. The molecule has 0 radical (unpaired) electrons. The van der Waals surface area contributed by atoms with E-state index in [0.717, 1.165) is 28.8 Å². The zero-order valence-corrected chi connectivity index (χ0v) is 14.5. The average Bonchev–Trinajstić information content (AvgIpc) is 3.04. The predicted octanol–water partition coefficient (Wildman–Crippen LogP) is 3.61. The Morgan fingerprint density at radius 3 is 2.68 bits per heavy atom. The van der Waals surface area contributed by atoms with Crippen LogP contribution >= 0.6 is 12.2 Å². The highest BCUT2D eigenvalue weighted by molar-refractivity contribution is 7.80. The van der Waals surface area contributed by atoms with Crippen molar-refractivity contribution in [2.24, 2.45) is 17.8 Å². The number of nitrogens with one attached hydrogen (secondary N) is 2. The molecule has 0 aromatic heterocycles. The van der Waals surface area contributed by atoms with E-state index in [1.54, 1.807) is 11.1 Å². The van der Waals surface area contributed by atoms with Gasteiger partial charge >= 0.3 is 0 Å². The SMILES string of the molecule is CC(C)(C)NC(=S)N[C@@H]1C[C@@H]2C[C@@H]1[C@H]1Cc3ccccc3[C@H]21. The monoisotopic (exact) mass is 314 g/mol. The Hall–Kier alpha value is -1.09. The summed E-state index contributed by atoms with van der Waals surface area (Å²) in [5.74, 6) is 3.31. The summed E-state index contributed by atoms with van der Waals surface area (Å²) in [4.78, 5) is 0. The molecular weight excluding hydrogens is 288 g/mol. The molecule has 2 fully saturated rings. The zero-order valence-electron chi connectivity index (χ0n) is 13.7. The van der Waals surface area contributed by atoms with Crippen molar-refractivity contribution in [1.82, 2.24) is 10.6 Å². The molecule has 0 heterocycles. The van der Waals surface area contributed by atoms with Crippen LogP contribution in [0.5, 0.6) is 0 Å². The van der Waals surface area contributed by atoms with Crippen molar-refractivity contribution in [3.05, 3.63) is 35.4 Å². The van der Waals surface area contributed by atoms with Crippen LogP contribution in [0.4, 0.5) is 0 Å². The summed E-state index contributed by atoms with van der Waals surface area (Å²) >= 11 is 5.52. The largest absolute Gasteiger partial charge is 0.360 e. The van der Waals surface area contributed by atoms with E-state index in [-0.39, 0.29) is 5.54 Å². The van der Waals surface area contributed by atoms with E-state index in [1.165, 1.54) is 19.3 Å². The highest BCUT2D eigenvalue weighted by Gasteiger charge is 2.55. The number of benzene rings is 1. The van der Waals surface area contributed by atoms with Gasteiger partial charge in [0.15, 0.2) is 5.11 Å². The molecule has 2 nitrogen and oxygen atoms in total. The van der Waals surface area contributed by atoms with Crippen LogP contribution in [0, 0.1) is 17.8 Å². The van der Waals surface area contributed by atoms with Gasteiger partial charge in [-0.1, -0.05) is 24.3 Å². The zero-order chi connectivity index (χ0) is 15.5. The molecular formula is C19H26N2S. The summed E-state index contributed by atoms with van der Waals surface area (Å²) in [6, 6.07) is 9.68. The maximum atomic E-state index is 5.52. The number of rotatable bonds is 1. The van der Waals surface area contributed by atoms with Crippen LogP contribution in [-0.4, -0.2) is 16.7 Å². The minimum absolute atomic E-state index is 0.0355. The molecule has 1 aromatic carbocycles. The summed E-state index contributed by atoms with van der Waals surface area (Å²) in [6.45, 7) is 6.47. The molecule has 0 saturated heterocycles. The van der Waals surface area contributed by atoms with E-state index in [2.05, 4.69) is 55.7 Å². The molecule has 0 aliphatic heterocycles. The van der Waals surface area contributed by atoms with Crippen molar-refractivity contribution in [1.29, 1.82) is 0 Å². The lowest BCUT2D eigenvalue weighted by Gasteiger charge is -2.34. The molecule has 3 heteroatoms. The Balaban J connectivity index is 1.47. The molecule has 1 aromatic rings. The summed E-state index contributed by atoms with van der Waals surface area (Å²) in [5.41, 5.74) is 3.28. The predicted molar refractivity (Wildman–Crippen MR) is 95.0 cm³/mol. The summed E-state index contributed by atoms with van der Waals surface area (Å²) in [7, 11) is 0. The van der Waals surface area contributed by atoms with Crippen LogP contribution in [0.2, 0.25) is 0 Å². The molecule has 5 atom stereocenters. The van der Waals surface area contributed by atoms with Crippen LogP contribution in [0.15, 0.2) is 24.3 Å². The average molecular weight is 314 g/mol. The number of hydrogen-bond donors (Lipinski definition) is 2. The molecule has 118 valence electrons. The van der Waals surface area contributed by atoms with Crippen molar-refractivity contribution in [2.75, 3.05) is 0 Å². The number of hydrogen-bond acceptors (Lipinski definition) is 1. The summed E-state index contributed by atoms with van der Waals surface area (Å²) < 4.78 is 0. The van der Waals surface area contributed by atoms with E-state index in [1.807, 2.05) is 0 Å². The quantitative estimate of drug-likeness (QED) is 0.774. The minimum Gasteiger partial charge on any atom is -0.360 e. The normalized spacial score (nSPS) is 35.1. The lowest BCUT2D eigenvalue weighted by molar-refractivity contribution is 0.260. The fourth-order valence-corrected chi connectivity index (χ4v) is 5.72. The highest BCUT2D eigenvalue weighted by Crippen LogP contribution is 2.61. The third-order valence-electron chi connectivity index (χ3n) is 5.84. The maximum Gasteiger partial charge on any atom is 0.166 e. The van der Waals surface area contributed by atoms with Gasteiger partial charge in [-0.15, -0.1) is 0 Å². The third-order valence-corrected chi connectivity index (χ3v) is 6.06. The van der Waals surface area contributed by atoms with E-state index in [0.29, 0.717) is 6.04 Å². The second kappa shape index (κ2) is 4.95. The molecule has 0 unspecified atom stereocenters. The van der Waals surface area contributed by atoms with Crippen molar-refractivity contribution in [3.63, 3.8) is 0 Å². The molecule has 3 aliphatic carbocycles. The van der Waals surface area contributed by atoms with Gasteiger partial charge in [0, 0.05) is 11.6 Å². The number of fused-ring (bicyclic) bond motifs is 7. The lowest BCUT2D eigenvalue weighted by atomic mass is 9.77. The first-order valence-corrected chi connectivity index (χ1v) is 9.00. The molecule has 2 saturated carbocycles. The van der Waals surface area contributed by atoms with Gasteiger partial charge in [-0.25, -0.2) is 0 Å². The first-order chi connectivity index (χ1) is 10.4. The Kier molecular flexibility index (Phi) is 3.26. The van der Waals surface area contributed by atoms with Gasteiger partial charge in [-0.2, -0.15) is 0 Å². The topological polar surface area (TPSA) is 24.1 Å². The van der Waals surface area contributed by atoms with Gasteiger partial charge < -0.3 is 10.6 Å². The van der Waals surface area contributed by atoms with Crippen LogP contribution in [-0.2, 0) is 6.42 Å². The Labute approximate surface area is 139 Å². The van der Waals surface area contributed by atoms with E-state index in [9.17, 15) is 0 Å². The molecule has 2 N–H and O–H groups in total. The highest BCUT2D eigenvalue weighted by atomic mass is 32.1. The minimum atomic E-state index is 0.0355. The summed E-state index contributed by atoms with van der Waals surface area (Å²) in [6.07, 6.45) is 3.95. The van der Waals surface area contributed by atoms with E-state index >= 15 is 0 Å². The molecule has 2 bridgehead atoms. The van der Waals surface area contributed by atoms with Crippen LogP contribution in [0.25, 0.3) is 0 Å². The van der Waals surface area contributed by atoms with Crippen LogP contribution < -0.4 is 10.6 Å². The second-order valence-corrected chi connectivity index (χ2v) is 8.85. The van der Waals surface area contributed by atoms with Gasteiger partial charge in [-0.3, -0.25) is 0 Å². The van der Waals surface area contributed by atoms with Gasteiger partial charge in [-0.05, 0) is 87.1 Å². The van der Waals surface area contributed by atoms with Gasteiger partial charge in [0.25, 0.3) is 0 Å². The standard InChI is InChI=1S/C19H26N2S/c1-19(2,3)21-18(22)20-16-10-12-9-14(16)15-8-11-6-4-5-7-13(11)17(12)15/h4-7,12,14-17H,8-10H2,1-3H3,(H2,20,21,22)/t12-,14+,15+,16+,17-/m0/s1. The first-order valence-electron chi connectivity index (χ1n) is 8.59. The molecule has 0 amide bonds. The van der Waals surface area contributed by atoms with Crippen molar-refractivity contribution in [2.45, 2.75) is 57.5 Å². The first kappa shape index (κ1) is 14.5. The van der Waals surface area contributed by atoms with Crippen LogP contribution in [0.1, 0.15) is 50.7 Å². The molecule has 4 rings (SSSR count). The molecule has 3 aliphatic rings. The van der Waals surface area contributed by atoms with Crippen molar-refractivity contribution in [3.8, 4) is 0 Å². The maximum absolute atomic E-state index is 5.52. The van der Waals surface area contributed by atoms with E-state index in [4.69, 9.17) is 12.2 Å². The van der Waals surface area contributed by atoms with Crippen LogP contribution in [0.3, 0.4) is 0 Å². The van der Waals surface area contributed by atoms with Crippen molar-refractivity contribution < 1.29 is 0 Å². The van der Waals surface area contributed by atoms with Gasteiger partial charge in [0.2, 0.25) is 0 Å². The smallest absolute Gasteiger partial charge is 0.166 e. The fraction of sp³-hybridized carbons (Fsp3) is 0.632. The third kappa shape index (κ3) is 2.34. The molecule has 22 heavy (non-hydrogen) atoms.